The molecule has 0 spiro atoms. The number of rotatable bonds is 1. The molecule has 0 atom stereocenters. The van der Waals surface area contributed by atoms with E-state index in [1.807, 2.05) is 56.3 Å². The van der Waals surface area contributed by atoms with Crippen molar-refractivity contribution in [2.24, 2.45) is 0 Å². The molecule has 2 heteroatoms. The maximum Gasteiger partial charge on any atom is 0.221 e. The summed E-state index contributed by atoms with van der Waals surface area (Å²) >= 11 is 0. The predicted molar refractivity (Wildman–Crippen MR) is 69.6 cm³/mol. The summed E-state index contributed by atoms with van der Waals surface area (Å²) in [7, 11) is 0. The number of hydrogen-bond donors (Lipinski definition) is 1. The maximum absolute atomic E-state index is 10.8. The number of amides is 1. The monoisotopic (exact) mass is 215 g/mol. The first-order valence-corrected chi connectivity index (χ1v) is 5.52. The van der Waals surface area contributed by atoms with Gasteiger partial charge >= 0.3 is 0 Å². The average Bonchev–Trinajstić information content (AvgIpc) is 2.31. The van der Waals surface area contributed by atoms with Crippen LogP contribution in [0.1, 0.15) is 20.8 Å². The highest BCUT2D eigenvalue weighted by Gasteiger charge is 1.96. The van der Waals surface area contributed by atoms with Crippen LogP contribution in [-0.2, 0) is 4.79 Å². The lowest BCUT2D eigenvalue weighted by atomic mass is 10.1. The van der Waals surface area contributed by atoms with Gasteiger partial charge in [0.25, 0.3) is 0 Å². The summed E-state index contributed by atoms with van der Waals surface area (Å²) < 4.78 is 0. The Balaban J connectivity index is 0.000000606. The molecule has 0 radical (unpaired) electrons. The molecule has 0 aliphatic carbocycles. The second kappa shape index (κ2) is 5.91. The summed E-state index contributed by atoms with van der Waals surface area (Å²) in [5, 5.41) is 5.08. The van der Waals surface area contributed by atoms with Gasteiger partial charge in [-0.25, -0.2) is 0 Å². The standard InChI is InChI=1S/C12H11NO.C2H6/c1-9(14)13-12-7-6-10-4-2-3-5-11(10)8-12;1-2/h2-8H,1H3,(H,13,14);1-2H3. The van der Waals surface area contributed by atoms with Crippen LogP contribution in [0.2, 0.25) is 0 Å². The molecule has 2 nitrogen and oxygen atoms in total. The Morgan fingerprint density at radius 2 is 1.62 bits per heavy atom. The topological polar surface area (TPSA) is 29.1 Å². The minimum absolute atomic E-state index is 0.0414. The SMILES string of the molecule is CC.CC(=O)Nc1ccc2ccccc2c1. The van der Waals surface area contributed by atoms with Crippen LogP contribution in [-0.4, -0.2) is 5.91 Å². The number of hydrogen-bond acceptors (Lipinski definition) is 1. The molecule has 0 unspecified atom stereocenters. The summed E-state index contributed by atoms with van der Waals surface area (Å²) in [6, 6.07) is 13.9. The van der Waals surface area contributed by atoms with Gasteiger partial charge in [0.15, 0.2) is 0 Å². The van der Waals surface area contributed by atoms with E-state index in [9.17, 15) is 4.79 Å². The predicted octanol–water partition coefficient (Wildman–Crippen LogP) is 3.82. The minimum Gasteiger partial charge on any atom is -0.326 e. The highest BCUT2D eigenvalue weighted by Crippen LogP contribution is 2.18. The first kappa shape index (κ1) is 12.2. The first-order valence-electron chi connectivity index (χ1n) is 5.52. The van der Waals surface area contributed by atoms with E-state index in [0.717, 1.165) is 11.1 Å². The van der Waals surface area contributed by atoms with Gasteiger partial charge in [-0.05, 0) is 22.9 Å². The van der Waals surface area contributed by atoms with Crippen LogP contribution in [0.4, 0.5) is 5.69 Å². The Hall–Kier alpha value is -1.83. The lowest BCUT2D eigenvalue weighted by Gasteiger charge is -2.03. The fourth-order valence-corrected chi connectivity index (χ4v) is 1.47. The quantitative estimate of drug-likeness (QED) is 0.769. The zero-order valence-corrected chi connectivity index (χ0v) is 9.95. The second-order valence-corrected chi connectivity index (χ2v) is 3.24. The molecule has 0 aromatic heterocycles. The fraction of sp³-hybridized carbons (Fsp3) is 0.214. The van der Waals surface area contributed by atoms with Crippen molar-refractivity contribution in [1.82, 2.24) is 0 Å². The first-order chi connectivity index (χ1) is 7.75. The highest BCUT2D eigenvalue weighted by molar-refractivity contribution is 5.93. The van der Waals surface area contributed by atoms with Crippen LogP contribution in [0.3, 0.4) is 0 Å². The molecule has 0 saturated heterocycles. The molecule has 2 aromatic carbocycles. The van der Waals surface area contributed by atoms with E-state index < -0.39 is 0 Å². The van der Waals surface area contributed by atoms with Gasteiger partial charge < -0.3 is 5.32 Å². The number of benzene rings is 2. The van der Waals surface area contributed by atoms with E-state index in [0.29, 0.717) is 0 Å². The maximum atomic E-state index is 10.8. The molecule has 0 bridgehead atoms. The Labute approximate surface area is 96.3 Å². The summed E-state index contributed by atoms with van der Waals surface area (Å²) in [6.45, 7) is 5.51. The van der Waals surface area contributed by atoms with Gasteiger partial charge in [0.2, 0.25) is 5.91 Å². The van der Waals surface area contributed by atoms with Crippen LogP contribution in [0.25, 0.3) is 10.8 Å². The summed E-state index contributed by atoms with van der Waals surface area (Å²) in [6.07, 6.45) is 0. The van der Waals surface area contributed by atoms with E-state index >= 15 is 0 Å². The van der Waals surface area contributed by atoms with Gasteiger partial charge in [0, 0.05) is 12.6 Å². The van der Waals surface area contributed by atoms with Crippen molar-refractivity contribution < 1.29 is 4.79 Å². The minimum atomic E-state index is -0.0414. The molecule has 0 fully saturated rings. The zero-order valence-electron chi connectivity index (χ0n) is 9.95. The van der Waals surface area contributed by atoms with E-state index in [4.69, 9.17) is 0 Å². The third-order valence-corrected chi connectivity index (χ3v) is 2.07. The third-order valence-electron chi connectivity index (χ3n) is 2.07. The molecule has 0 aliphatic rings. The van der Waals surface area contributed by atoms with Crippen LogP contribution >= 0.6 is 0 Å². The molecule has 2 aromatic rings. The molecule has 16 heavy (non-hydrogen) atoms. The van der Waals surface area contributed by atoms with E-state index in [-0.39, 0.29) is 5.91 Å². The van der Waals surface area contributed by atoms with Gasteiger partial charge in [-0.1, -0.05) is 44.2 Å². The molecule has 2 rings (SSSR count). The van der Waals surface area contributed by atoms with Crippen molar-refractivity contribution in [1.29, 1.82) is 0 Å². The van der Waals surface area contributed by atoms with Crippen molar-refractivity contribution in [3.63, 3.8) is 0 Å². The molecule has 84 valence electrons. The number of fused-ring (bicyclic) bond motifs is 1. The van der Waals surface area contributed by atoms with Gasteiger partial charge in [0.05, 0.1) is 0 Å². The summed E-state index contributed by atoms with van der Waals surface area (Å²) in [4.78, 5) is 10.8. The molecular formula is C14H17NO. The molecule has 0 aliphatic heterocycles. The van der Waals surface area contributed by atoms with Gasteiger partial charge in [0.1, 0.15) is 0 Å². The Bertz CT molecular complexity index is 477. The van der Waals surface area contributed by atoms with Crippen molar-refractivity contribution >= 4 is 22.4 Å². The van der Waals surface area contributed by atoms with Gasteiger partial charge in [-0.3, -0.25) is 4.79 Å². The second-order valence-electron chi connectivity index (χ2n) is 3.24. The Morgan fingerprint density at radius 3 is 2.25 bits per heavy atom. The normalized spacial score (nSPS) is 9.19. The number of carbonyl (C=O) groups is 1. The van der Waals surface area contributed by atoms with Gasteiger partial charge in [-0.15, -0.1) is 0 Å². The van der Waals surface area contributed by atoms with Gasteiger partial charge in [-0.2, -0.15) is 0 Å². The number of nitrogens with one attached hydrogen (secondary N) is 1. The van der Waals surface area contributed by atoms with Crippen molar-refractivity contribution in [3.8, 4) is 0 Å². The van der Waals surface area contributed by atoms with Crippen LogP contribution in [0, 0.1) is 0 Å². The average molecular weight is 215 g/mol. The number of carbonyl (C=O) groups excluding carboxylic acids is 1. The van der Waals surface area contributed by atoms with E-state index in [1.54, 1.807) is 0 Å². The van der Waals surface area contributed by atoms with Crippen LogP contribution in [0.15, 0.2) is 42.5 Å². The number of anilines is 1. The zero-order chi connectivity index (χ0) is 12.0. The highest BCUT2D eigenvalue weighted by atomic mass is 16.1. The van der Waals surface area contributed by atoms with Crippen LogP contribution < -0.4 is 5.32 Å². The Morgan fingerprint density at radius 1 is 1.00 bits per heavy atom. The molecule has 1 N–H and O–H groups in total. The molecule has 0 saturated carbocycles. The fourth-order valence-electron chi connectivity index (χ4n) is 1.47. The van der Waals surface area contributed by atoms with Crippen molar-refractivity contribution in [3.05, 3.63) is 42.5 Å². The largest absolute Gasteiger partial charge is 0.326 e. The molecule has 0 heterocycles. The van der Waals surface area contributed by atoms with Crippen molar-refractivity contribution in [2.45, 2.75) is 20.8 Å². The smallest absolute Gasteiger partial charge is 0.221 e. The lowest BCUT2D eigenvalue weighted by Crippen LogP contribution is -2.05. The Kier molecular flexibility index (Phi) is 4.52. The van der Waals surface area contributed by atoms with E-state index in [1.165, 1.54) is 12.3 Å². The molecular weight excluding hydrogens is 198 g/mol. The summed E-state index contributed by atoms with van der Waals surface area (Å²) in [5.74, 6) is -0.0414. The van der Waals surface area contributed by atoms with Crippen molar-refractivity contribution in [2.75, 3.05) is 5.32 Å². The summed E-state index contributed by atoms with van der Waals surface area (Å²) in [5.41, 5.74) is 0.844. The lowest BCUT2D eigenvalue weighted by molar-refractivity contribution is -0.114. The third kappa shape index (κ3) is 3.09. The van der Waals surface area contributed by atoms with Crippen LogP contribution in [0.5, 0.6) is 0 Å². The molecule has 1 amide bonds. The van der Waals surface area contributed by atoms with E-state index in [2.05, 4.69) is 5.32 Å².